The van der Waals surface area contributed by atoms with Crippen molar-refractivity contribution >= 4 is 98.6 Å². The summed E-state index contributed by atoms with van der Waals surface area (Å²) in [6.45, 7) is 10.6. The molecular formula is C53H62Cl2F3N4O20PS. The molecule has 4 aromatic rings. The van der Waals surface area contributed by atoms with Crippen molar-refractivity contribution in [2.45, 2.75) is 96.0 Å². The number of hydrogen-bond acceptors (Lipinski definition) is 19. The molecule has 460 valence electrons. The number of aryl methyl sites for hydroxylation is 2. The first-order valence-electron chi connectivity index (χ1n) is 25.0. The van der Waals surface area contributed by atoms with E-state index in [4.69, 9.17) is 57.9 Å². The lowest BCUT2D eigenvalue weighted by atomic mass is 9.81. The van der Waals surface area contributed by atoms with Gasteiger partial charge in [-0.2, -0.15) is 13.2 Å². The van der Waals surface area contributed by atoms with Crippen LogP contribution in [0.25, 0.3) is 0 Å². The normalized spacial score (nSPS) is 14.2. The van der Waals surface area contributed by atoms with Crippen molar-refractivity contribution < 1.29 is 98.5 Å². The molecule has 0 aromatic heterocycles. The number of para-hydroxylation sites is 1. The average Bonchev–Trinajstić information content (AvgIpc) is 2.75. The third-order valence-electron chi connectivity index (χ3n) is 11.7. The first-order chi connectivity index (χ1) is 38.9. The van der Waals surface area contributed by atoms with Crippen LogP contribution in [0.2, 0.25) is 5.02 Å². The second-order valence-corrected chi connectivity index (χ2v) is 23.7. The summed E-state index contributed by atoms with van der Waals surface area (Å²) in [5, 5.41) is 30.3. The minimum Gasteiger partial charge on any atom is -0.480 e. The van der Waals surface area contributed by atoms with Crippen LogP contribution in [-0.4, -0.2) is 133 Å². The van der Waals surface area contributed by atoms with Gasteiger partial charge in [0.15, 0.2) is 40.7 Å². The number of sulfone groups is 1. The Labute approximate surface area is 490 Å². The van der Waals surface area contributed by atoms with E-state index in [-0.39, 0.29) is 71.3 Å². The first kappa shape index (κ1) is 72.9. The first-order valence-corrected chi connectivity index (χ1v) is 30.1. The number of benzene rings is 4. The molecule has 4 atom stereocenters. The zero-order valence-corrected chi connectivity index (χ0v) is 49.7. The van der Waals surface area contributed by atoms with Crippen molar-refractivity contribution in [1.29, 1.82) is 0 Å². The van der Waals surface area contributed by atoms with Crippen molar-refractivity contribution in [3.05, 3.63) is 126 Å². The molecule has 0 bridgehead atoms. The number of nitrogens with two attached hydrogens (primary N) is 1. The number of hydrogen-bond donors (Lipinski definition) is 3. The Kier molecular flexibility index (Phi) is 28.4. The third kappa shape index (κ3) is 22.1. The van der Waals surface area contributed by atoms with Gasteiger partial charge in [0, 0.05) is 57.2 Å². The van der Waals surface area contributed by atoms with E-state index in [2.05, 4.69) is 13.0 Å². The second-order valence-electron chi connectivity index (χ2n) is 18.4. The molecule has 1 amide bonds. The molecule has 1 aliphatic rings. The smallest absolute Gasteiger partial charge is 0.416 e. The average molecular weight is 1270 g/mol. The number of rotatable bonds is 21. The van der Waals surface area contributed by atoms with Gasteiger partial charge in [0.1, 0.15) is 34.9 Å². The number of amides is 1. The molecule has 1 aliphatic carbocycles. The fourth-order valence-corrected chi connectivity index (χ4v) is 9.34. The molecule has 0 heterocycles. The van der Waals surface area contributed by atoms with E-state index in [1.165, 1.54) is 13.6 Å². The molecule has 1 saturated carbocycles. The van der Waals surface area contributed by atoms with Crippen LogP contribution in [0.5, 0.6) is 11.5 Å². The SMILES string of the molecule is CCOC(=O)C(C)OC(=O)c1cc(Oc2ccc(C(F)(F)F)cc2Cl)ccc1[N+](=O)[O-].CCc1cccc(C)c1N(C(=O)CCl)C(C)COC.CP(=O)(O)CCC(N)C(=O)O.CS(=O)(=O)c1ccc(C(=O)C2C(=O)CCCC2=O)c([N+](=O)[O-])c1. The molecule has 4 unspecified atom stereocenters. The number of esters is 2. The lowest BCUT2D eigenvalue weighted by Gasteiger charge is -2.31. The maximum Gasteiger partial charge on any atom is 0.416 e. The number of nitro groups is 2. The van der Waals surface area contributed by atoms with Crippen molar-refractivity contribution in [2.75, 3.05) is 50.2 Å². The molecule has 0 radical (unpaired) electrons. The van der Waals surface area contributed by atoms with Crippen LogP contribution in [0.4, 0.5) is 30.2 Å². The maximum absolute atomic E-state index is 12.8. The number of carbonyl (C=O) groups is 7. The Bertz CT molecular complexity index is 3240. The Morgan fingerprint density at radius 1 is 0.929 bits per heavy atom. The summed E-state index contributed by atoms with van der Waals surface area (Å²) in [4.78, 5) is 113. The van der Waals surface area contributed by atoms with Crippen molar-refractivity contribution in [1.82, 2.24) is 0 Å². The number of carboxylic acid groups (broad SMARTS) is 1. The van der Waals surface area contributed by atoms with Gasteiger partial charge in [-0.1, -0.05) is 36.7 Å². The topological polar surface area (TPSA) is 364 Å². The molecule has 0 aliphatic heterocycles. The van der Waals surface area contributed by atoms with Crippen molar-refractivity contribution in [3.8, 4) is 11.5 Å². The highest BCUT2D eigenvalue weighted by Crippen LogP contribution is 2.38. The summed E-state index contributed by atoms with van der Waals surface area (Å²) < 4.78 is 92.0. The summed E-state index contributed by atoms with van der Waals surface area (Å²) in [5.41, 5.74) is 4.97. The summed E-state index contributed by atoms with van der Waals surface area (Å²) >= 11 is 11.6. The minimum absolute atomic E-state index is 0.0223. The van der Waals surface area contributed by atoms with E-state index in [1.807, 2.05) is 26.0 Å². The van der Waals surface area contributed by atoms with E-state index in [0.29, 0.717) is 19.1 Å². The number of nitrogens with zero attached hydrogens (tertiary/aromatic N) is 3. The minimum atomic E-state index is -4.61. The van der Waals surface area contributed by atoms with E-state index < -0.39 is 115 Å². The van der Waals surface area contributed by atoms with Gasteiger partial charge >= 0.3 is 24.1 Å². The van der Waals surface area contributed by atoms with E-state index in [0.717, 1.165) is 78.0 Å². The fourth-order valence-electron chi connectivity index (χ4n) is 7.60. The number of Topliss-reactive ketones (excluding diaryl/α,β-unsaturated/α-hetero) is 3. The summed E-state index contributed by atoms with van der Waals surface area (Å²) in [5.74, 6) is -7.22. The van der Waals surface area contributed by atoms with Crippen LogP contribution in [0, 0.1) is 33.1 Å². The standard InChI is InChI=1S/C19H15ClF3NO7.C15H22ClNO2.C14H13NO7S.C5H12NO4P/c1-3-29-17(25)10(2)30-18(26)13-9-12(5-6-15(13)24(27)28)31-16-7-4-11(8-14(16)20)19(21,22)23;1-5-13-8-6-7-11(2)15(13)17(14(18)9-16)12(3)10-19-4;1-23(21,22)8-5-6-9(10(7-8)15(19)20)14(18)13-11(16)3-2-4-12(13)17;1-11(9,10)3-2-4(6)5(7)8/h4-10H,3H2,1-2H3;6-8,12H,5,9-10H2,1-4H3;5-7,13H,2-4H2,1H3;4H,2-3,6H2,1H3,(H,7,8)(H,9,10). The van der Waals surface area contributed by atoms with Crippen molar-refractivity contribution in [3.63, 3.8) is 0 Å². The lowest BCUT2D eigenvalue weighted by Crippen LogP contribution is -2.43. The molecule has 84 heavy (non-hydrogen) atoms. The molecule has 0 spiro atoms. The van der Waals surface area contributed by atoms with E-state index in [1.54, 1.807) is 18.9 Å². The van der Waals surface area contributed by atoms with Gasteiger partial charge in [0.05, 0.1) is 55.8 Å². The molecule has 5 rings (SSSR count). The number of anilines is 1. The number of carbonyl (C=O) groups excluding carboxylic acids is 6. The van der Waals surface area contributed by atoms with Gasteiger partial charge in [-0.25, -0.2) is 18.0 Å². The Hall–Kier alpha value is -7.20. The molecule has 24 nitrogen and oxygen atoms in total. The van der Waals surface area contributed by atoms with Crippen LogP contribution < -0.4 is 15.4 Å². The molecule has 4 aromatic carbocycles. The predicted octanol–water partition coefficient (Wildman–Crippen LogP) is 9.14. The summed E-state index contributed by atoms with van der Waals surface area (Å²) in [7, 11) is -5.16. The highest BCUT2D eigenvalue weighted by molar-refractivity contribution is 7.90. The zero-order valence-electron chi connectivity index (χ0n) is 46.5. The summed E-state index contributed by atoms with van der Waals surface area (Å²) in [6.07, 6.45) is -3.70. The number of methoxy groups -OCH3 is 1. The Morgan fingerprint density at radius 3 is 2.02 bits per heavy atom. The molecular weight excluding hydrogens is 1200 g/mol. The highest BCUT2D eigenvalue weighted by Gasteiger charge is 2.39. The van der Waals surface area contributed by atoms with Gasteiger partial charge in [-0.15, -0.1) is 11.6 Å². The Balaban J connectivity index is 0.000000404. The van der Waals surface area contributed by atoms with Gasteiger partial charge in [-0.05, 0) is 94.5 Å². The van der Waals surface area contributed by atoms with Gasteiger partial charge in [0.2, 0.25) is 5.91 Å². The number of ether oxygens (including phenoxy) is 4. The number of aliphatic carboxylic acids is 1. The fraction of sp³-hybridized carbons (Fsp3) is 0.415. The van der Waals surface area contributed by atoms with E-state index in [9.17, 15) is 79.9 Å². The number of nitro benzene ring substituents is 2. The van der Waals surface area contributed by atoms with Crippen molar-refractivity contribution in [2.24, 2.45) is 11.7 Å². The van der Waals surface area contributed by atoms with E-state index >= 15 is 0 Å². The van der Waals surface area contributed by atoms with Crippen LogP contribution in [0.3, 0.4) is 0 Å². The molecule has 4 N–H and O–H groups in total. The maximum atomic E-state index is 12.8. The largest absolute Gasteiger partial charge is 0.480 e. The van der Waals surface area contributed by atoms with Gasteiger partial charge < -0.3 is 39.6 Å². The van der Waals surface area contributed by atoms with Crippen LogP contribution >= 0.6 is 30.6 Å². The lowest BCUT2D eigenvalue weighted by molar-refractivity contribution is -0.385. The molecule has 0 saturated heterocycles. The van der Waals surface area contributed by atoms with Gasteiger partial charge in [0.25, 0.3) is 11.4 Å². The van der Waals surface area contributed by atoms with Crippen LogP contribution in [0.15, 0.2) is 77.7 Å². The van der Waals surface area contributed by atoms with Crippen LogP contribution in [0.1, 0.15) is 90.8 Å². The van der Waals surface area contributed by atoms with Crippen LogP contribution in [-0.2, 0) is 65.2 Å². The third-order valence-corrected chi connectivity index (χ3v) is 14.5. The van der Waals surface area contributed by atoms with Gasteiger partial charge in [-0.3, -0.25) is 48.8 Å². The highest BCUT2D eigenvalue weighted by atomic mass is 35.5. The second kappa shape index (κ2) is 32.7. The number of alkyl halides is 4. The number of ketones is 3. The monoisotopic (exact) mass is 1260 g/mol. The molecule has 31 heteroatoms. The number of carboxylic acids is 1. The summed E-state index contributed by atoms with van der Waals surface area (Å²) in [6, 6.07) is 13.2. The number of halogens is 5. The predicted molar refractivity (Wildman–Crippen MR) is 300 cm³/mol. The quantitative estimate of drug-likeness (QED) is 0.0133. The molecule has 1 fully saturated rings. The Morgan fingerprint density at radius 2 is 1.54 bits per heavy atom. The zero-order chi connectivity index (χ0) is 64.2.